The third-order valence-electron chi connectivity index (χ3n) is 3.30. The molecule has 1 aromatic carbocycles. The molecule has 1 fully saturated rings. The van der Waals surface area contributed by atoms with Gasteiger partial charge < -0.3 is 4.74 Å². The summed E-state index contributed by atoms with van der Waals surface area (Å²) >= 11 is 1.82. The molecule has 0 N–H and O–H groups in total. The minimum absolute atomic E-state index is 0.166. The van der Waals surface area contributed by atoms with E-state index in [-0.39, 0.29) is 11.9 Å². The molecule has 0 bridgehead atoms. The highest BCUT2D eigenvalue weighted by atomic mass is 32.2. The number of thioether (sulfide) groups is 1. The number of hydrogen-bond donors (Lipinski definition) is 0. The number of rotatable bonds is 6. The van der Waals surface area contributed by atoms with Gasteiger partial charge in [-0.1, -0.05) is 12.8 Å². The Morgan fingerprint density at radius 1 is 1.26 bits per heavy atom. The second-order valence-corrected chi connectivity index (χ2v) is 6.62. The minimum atomic E-state index is 0.166. The maximum absolute atomic E-state index is 12.1. The standard InChI is InChI=1S/C16H22O2S/c1-12(2)18-14-9-7-13(8-10-14)16(17)11-19-15-5-3-4-6-15/h7-10,12,15H,3-6,11H2,1-2H3. The molecule has 0 heterocycles. The molecular weight excluding hydrogens is 256 g/mol. The number of Topliss-reactive ketones (excluding diaryl/α,β-unsaturated/α-hetero) is 1. The van der Waals surface area contributed by atoms with Crippen LogP contribution in [0.2, 0.25) is 0 Å². The predicted molar refractivity (Wildman–Crippen MR) is 81.3 cm³/mol. The lowest BCUT2D eigenvalue weighted by molar-refractivity contribution is 0.102. The topological polar surface area (TPSA) is 26.3 Å². The van der Waals surface area contributed by atoms with Crippen molar-refractivity contribution >= 4 is 17.5 Å². The van der Waals surface area contributed by atoms with Crippen molar-refractivity contribution in [2.24, 2.45) is 0 Å². The Hall–Kier alpha value is -0.960. The van der Waals surface area contributed by atoms with Crippen molar-refractivity contribution in [3.05, 3.63) is 29.8 Å². The van der Waals surface area contributed by atoms with E-state index in [1.165, 1.54) is 25.7 Å². The van der Waals surface area contributed by atoms with E-state index in [4.69, 9.17) is 4.74 Å². The van der Waals surface area contributed by atoms with Gasteiger partial charge >= 0.3 is 0 Å². The first-order valence-electron chi connectivity index (χ1n) is 7.06. The van der Waals surface area contributed by atoms with E-state index in [0.29, 0.717) is 11.0 Å². The van der Waals surface area contributed by atoms with Crippen LogP contribution in [-0.4, -0.2) is 22.9 Å². The van der Waals surface area contributed by atoms with Gasteiger partial charge in [0.1, 0.15) is 5.75 Å². The van der Waals surface area contributed by atoms with Crippen LogP contribution in [0.4, 0.5) is 0 Å². The predicted octanol–water partition coefficient (Wildman–Crippen LogP) is 4.33. The van der Waals surface area contributed by atoms with Gasteiger partial charge in [0.15, 0.2) is 5.78 Å². The van der Waals surface area contributed by atoms with Gasteiger partial charge in [-0.2, -0.15) is 11.8 Å². The van der Waals surface area contributed by atoms with Gasteiger partial charge in [-0.3, -0.25) is 4.79 Å². The molecule has 19 heavy (non-hydrogen) atoms. The average molecular weight is 278 g/mol. The van der Waals surface area contributed by atoms with Crippen LogP contribution >= 0.6 is 11.8 Å². The monoisotopic (exact) mass is 278 g/mol. The Kier molecular flexibility index (Phi) is 5.32. The Bertz CT molecular complexity index is 405. The lowest BCUT2D eigenvalue weighted by Gasteiger charge is -2.10. The molecular formula is C16H22O2S. The van der Waals surface area contributed by atoms with Crippen molar-refractivity contribution in [2.75, 3.05) is 5.75 Å². The van der Waals surface area contributed by atoms with Gasteiger partial charge in [-0.05, 0) is 51.0 Å². The fourth-order valence-corrected chi connectivity index (χ4v) is 3.54. The summed E-state index contributed by atoms with van der Waals surface area (Å²) in [4.78, 5) is 12.1. The lowest BCUT2D eigenvalue weighted by Crippen LogP contribution is -2.08. The minimum Gasteiger partial charge on any atom is -0.491 e. The van der Waals surface area contributed by atoms with Gasteiger partial charge in [-0.15, -0.1) is 0 Å². The third kappa shape index (κ3) is 4.57. The van der Waals surface area contributed by atoms with Crippen LogP contribution in [0.3, 0.4) is 0 Å². The van der Waals surface area contributed by atoms with Crippen LogP contribution in [0.1, 0.15) is 49.9 Å². The average Bonchev–Trinajstić information content (AvgIpc) is 2.89. The van der Waals surface area contributed by atoms with Gasteiger partial charge in [0.05, 0.1) is 11.9 Å². The van der Waals surface area contributed by atoms with Crippen LogP contribution in [0.15, 0.2) is 24.3 Å². The summed E-state index contributed by atoms with van der Waals surface area (Å²) in [5, 5.41) is 0.701. The molecule has 0 aliphatic heterocycles. The molecule has 0 atom stereocenters. The summed E-state index contributed by atoms with van der Waals surface area (Å²) in [6, 6.07) is 7.51. The molecule has 104 valence electrons. The molecule has 1 saturated carbocycles. The van der Waals surface area contributed by atoms with Crippen molar-refractivity contribution < 1.29 is 9.53 Å². The Labute approximate surface area is 119 Å². The number of hydrogen-bond acceptors (Lipinski definition) is 3. The number of ketones is 1. The van der Waals surface area contributed by atoms with E-state index in [0.717, 1.165) is 11.3 Å². The van der Waals surface area contributed by atoms with Crippen molar-refractivity contribution in [2.45, 2.75) is 50.9 Å². The maximum atomic E-state index is 12.1. The molecule has 0 radical (unpaired) electrons. The van der Waals surface area contributed by atoms with Gasteiger partial charge in [-0.25, -0.2) is 0 Å². The van der Waals surface area contributed by atoms with Crippen LogP contribution in [0.5, 0.6) is 5.75 Å². The van der Waals surface area contributed by atoms with Crippen LogP contribution in [0.25, 0.3) is 0 Å². The van der Waals surface area contributed by atoms with E-state index < -0.39 is 0 Å². The smallest absolute Gasteiger partial charge is 0.172 e. The quantitative estimate of drug-likeness (QED) is 0.724. The molecule has 1 aliphatic rings. The fourth-order valence-electron chi connectivity index (χ4n) is 2.32. The summed E-state index contributed by atoms with van der Waals surface area (Å²) in [5.41, 5.74) is 0.793. The summed E-state index contributed by atoms with van der Waals surface area (Å²) in [7, 11) is 0. The SMILES string of the molecule is CC(C)Oc1ccc(C(=O)CSC2CCCC2)cc1. The summed E-state index contributed by atoms with van der Waals surface area (Å²) in [6.45, 7) is 3.99. The highest BCUT2D eigenvalue weighted by Crippen LogP contribution is 2.29. The largest absolute Gasteiger partial charge is 0.491 e. The third-order valence-corrected chi connectivity index (χ3v) is 4.67. The highest BCUT2D eigenvalue weighted by molar-refractivity contribution is 8.00. The molecule has 0 aromatic heterocycles. The number of carbonyl (C=O) groups excluding carboxylic acids is 1. The molecule has 3 heteroatoms. The summed E-state index contributed by atoms with van der Waals surface area (Å²) in [6.07, 6.45) is 5.37. The van der Waals surface area contributed by atoms with E-state index in [2.05, 4.69) is 0 Å². The molecule has 0 saturated heterocycles. The molecule has 1 aromatic rings. The first-order chi connectivity index (χ1) is 9.15. The Morgan fingerprint density at radius 3 is 2.47 bits per heavy atom. The molecule has 2 rings (SSSR count). The van der Waals surface area contributed by atoms with Crippen molar-refractivity contribution in [3.8, 4) is 5.75 Å². The van der Waals surface area contributed by atoms with E-state index in [1.54, 1.807) is 0 Å². The number of benzene rings is 1. The van der Waals surface area contributed by atoms with Crippen LogP contribution in [0, 0.1) is 0 Å². The first-order valence-corrected chi connectivity index (χ1v) is 8.11. The van der Waals surface area contributed by atoms with E-state index in [9.17, 15) is 4.79 Å². The lowest BCUT2D eigenvalue weighted by atomic mass is 10.1. The molecule has 0 amide bonds. The van der Waals surface area contributed by atoms with E-state index >= 15 is 0 Å². The Balaban J connectivity index is 1.84. The van der Waals surface area contributed by atoms with E-state index in [1.807, 2.05) is 49.9 Å². The van der Waals surface area contributed by atoms with Crippen LogP contribution in [-0.2, 0) is 0 Å². The molecule has 0 unspecified atom stereocenters. The first kappa shape index (κ1) is 14.4. The highest BCUT2D eigenvalue weighted by Gasteiger charge is 2.17. The van der Waals surface area contributed by atoms with Crippen molar-refractivity contribution in [3.63, 3.8) is 0 Å². The maximum Gasteiger partial charge on any atom is 0.172 e. The zero-order valence-corrected chi connectivity index (χ0v) is 12.5. The molecule has 1 aliphatic carbocycles. The second kappa shape index (κ2) is 6.99. The molecule has 2 nitrogen and oxygen atoms in total. The normalized spacial score (nSPS) is 15.9. The number of carbonyl (C=O) groups is 1. The number of ether oxygens (including phenoxy) is 1. The summed E-state index contributed by atoms with van der Waals surface area (Å²) in [5.74, 6) is 1.66. The summed E-state index contributed by atoms with van der Waals surface area (Å²) < 4.78 is 5.57. The second-order valence-electron chi connectivity index (χ2n) is 5.33. The zero-order valence-electron chi connectivity index (χ0n) is 11.7. The van der Waals surface area contributed by atoms with Crippen LogP contribution < -0.4 is 4.74 Å². The molecule has 0 spiro atoms. The van der Waals surface area contributed by atoms with Crippen molar-refractivity contribution in [1.82, 2.24) is 0 Å². The fraction of sp³-hybridized carbons (Fsp3) is 0.562. The Morgan fingerprint density at radius 2 is 1.89 bits per heavy atom. The van der Waals surface area contributed by atoms with Gasteiger partial charge in [0, 0.05) is 10.8 Å². The van der Waals surface area contributed by atoms with Crippen molar-refractivity contribution in [1.29, 1.82) is 0 Å². The zero-order chi connectivity index (χ0) is 13.7. The van der Waals surface area contributed by atoms with Gasteiger partial charge in [0.2, 0.25) is 0 Å². The van der Waals surface area contributed by atoms with Gasteiger partial charge in [0.25, 0.3) is 0 Å².